The Morgan fingerprint density at radius 3 is 2.53 bits per heavy atom. The molecule has 1 heterocycles. The molecule has 2 rings (SSSR count). The molecule has 0 saturated carbocycles. The van der Waals surface area contributed by atoms with Crippen LogP contribution < -0.4 is 4.31 Å². The summed E-state index contributed by atoms with van der Waals surface area (Å²) in [6.07, 6.45) is 2.30. The summed E-state index contributed by atoms with van der Waals surface area (Å²) in [4.78, 5) is 32.2. The first-order chi connectivity index (χ1) is 16.8. The summed E-state index contributed by atoms with van der Waals surface area (Å²) in [6.45, 7) is 5.86. The van der Waals surface area contributed by atoms with Crippen LogP contribution >= 0.6 is 0 Å². The van der Waals surface area contributed by atoms with Gasteiger partial charge in [0, 0.05) is 30.3 Å². The van der Waals surface area contributed by atoms with E-state index in [1.54, 1.807) is 6.07 Å². The van der Waals surface area contributed by atoms with Crippen LogP contribution in [0.5, 0.6) is 0 Å². The average Bonchev–Trinajstić information content (AvgIpc) is 2.80. The lowest BCUT2D eigenvalue weighted by Gasteiger charge is -2.17. The number of aromatic nitrogens is 2. The molecule has 196 valence electrons. The quantitative estimate of drug-likeness (QED) is 0.332. The average molecular weight is 522 g/mol. The zero-order valence-corrected chi connectivity index (χ0v) is 21.9. The van der Waals surface area contributed by atoms with Crippen molar-refractivity contribution in [2.45, 2.75) is 52.1 Å². The molecule has 0 bridgehead atoms. The highest BCUT2D eigenvalue weighted by atomic mass is 32.2. The number of Topliss-reactive ketones (excluding diaryl/α,β-unsaturated/α-hetero) is 1. The van der Waals surface area contributed by atoms with E-state index in [9.17, 15) is 27.5 Å². The fourth-order valence-corrected chi connectivity index (χ4v) is 3.41. The molecule has 1 atom stereocenters. The molecule has 0 unspecified atom stereocenters. The standard InChI is InChI=1S/C25H32FN3O6S/c1-6-11-35-24(32)14-20(31)13-19(30)9-7-17-12-18(8-10-21(17)26)23-15-22(16(2)3)27-25(28-23)29(4)36(5,33)34/h7-10,12,15-16,19,30H,6,11,13-14H2,1-5H3/b9-7+/t19-/m1/s1. The minimum atomic E-state index is -3.60. The highest BCUT2D eigenvalue weighted by molar-refractivity contribution is 7.92. The molecule has 1 aromatic carbocycles. The highest BCUT2D eigenvalue weighted by Crippen LogP contribution is 2.27. The molecule has 0 amide bonds. The Balaban J connectivity index is 2.28. The first-order valence-electron chi connectivity index (χ1n) is 11.5. The summed E-state index contributed by atoms with van der Waals surface area (Å²) in [5.74, 6) is -1.74. The van der Waals surface area contributed by atoms with Gasteiger partial charge >= 0.3 is 5.97 Å². The maximum Gasteiger partial charge on any atom is 0.313 e. The van der Waals surface area contributed by atoms with E-state index in [0.29, 0.717) is 23.4 Å². The van der Waals surface area contributed by atoms with Gasteiger partial charge in [-0.05, 0) is 36.6 Å². The molecule has 2 aromatic rings. The van der Waals surface area contributed by atoms with E-state index in [0.717, 1.165) is 10.6 Å². The molecular weight excluding hydrogens is 489 g/mol. The van der Waals surface area contributed by atoms with Gasteiger partial charge in [-0.3, -0.25) is 9.59 Å². The number of hydrogen-bond donors (Lipinski definition) is 1. The number of aliphatic hydroxyl groups is 1. The summed E-state index contributed by atoms with van der Waals surface area (Å²) in [5, 5.41) is 10.2. The summed E-state index contributed by atoms with van der Waals surface area (Å²) in [7, 11) is -2.25. The van der Waals surface area contributed by atoms with E-state index in [1.807, 2.05) is 20.8 Å². The van der Waals surface area contributed by atoms with E-state index in [-0.39, 0.29) is 30.5 Å². The Kier molecular flexibility index (Phi) is 10.2. The van der Waals surface area contributed by atoms with Gasteiger partial charge in [-0.2, -0.15) is 0 Å². The predicted molar refractivity (Wildman–Crippen MR) is 135 cm³/mol. The van der Waals surface area contributed by atoms with Gasteiger partial charge in [0.15, 0.2) is 0 Å². The molecule has 36 heavy (non-hydrogen) atoms. The summed E-state index contributed by atoms with van der Waals surface area (Å²) in [6, 6.07) is 5.94. The molecule has 0 spiro atoms. The molecule has 11 heteroatoms. The third kappa shape index (κ3) is 8.49. The Morgan fingerprint density at radius 1 is 1.22 bits per heavy atom. The third-order valence-electron chi connectivity index (χ3n) is 5.14. The largest absolute Gasteiger partial charge is 0.465 e. The van der Waals surface area contributed by atoms with Crippen molar-refractivity contribution in [2.75, 3.05) is 24.2 Å². The van der Waals surface area contributed by atoms with Crippen LogP contribution in [0.15, 0.2) is 30.3 Å². The second-order valence-corrected chi connectivity index (χ2v) is 10.7. The predicted octanol–water partition coefficient (Wildman–Crippen LogP) is 3.48. The second-order valence-electron chi connectivity index (χ2n) is 8.67. The number of hydrogen-bond acceptors (Lipinski definition) is 8. The maximum absolute atomic E-state index is 14.5. The van der Waals surface area contributed by atoms with E-state index in [2.05, 4.69) is 9.97 Å². The van der Waals surface area contributed by atoms with E-state index in [1.165, 1.54) is 37.4 Å². The number of aliphatic hydroxyl groups excluding tert-OH is 1. The Morgan fingerprint density at radius 2 is 1.92 bits per heavy atom. The molecule has 0 saturated heterocycles. The van der Waals surface area contributed by atoms with Crippen molar-refractivity contribution < 1.29 is 32.2 Å². The monoisotopic (exact) mass is 521 g/mol. The van der Waals surface area contributed by atoms with Gasteiger partial charge in [0.2, 0.25) is 16.0 Å². The van der Waals surface area contributed by atoms with Gasteiger partial charge in [0.05, 0.1) is 24.7 Å². The van der Waals surface area contributed by atoms with Crippen molar-refractivity contribution in [2.24, 2.45) is 0 Å². The number of benzene rings is 1. The van der Waals surface area contributed by atoms with Crippen LogP contribution in [0.2, 0.25) is 0 Å². The van der Waals surface area contributed by atoms with Gasteiger partial charge in [0.1, 0.15) is 18.0 Å². The minimum Gasteiger partial charge on any atom is -0.465 e. The van der Waals surface area contributed by atoms with E-state index < -0.39 is 40.1 Å². The SMILES string of the molecule is CCCOC(=O)CC(=O)C[C@H](O)/C=C/c1cc(-c2cc(C(C)C)nc(N(C)S(C)(=O)=O)n2)ccc1F. The second kappa shape index (κ2) is 12.7. The summed E-state index contributed by atoms with van der Waals surface area (Å²) >= 11 is 0. The molecule has 9 nitrogen and oxygen atoms in total. The number of nitrogens with zero attached hydrogens (tertiary/aromatic N) is 3. The topological polar surface area (TPSA) is 127 Å². The van der Waals surface area contributed by atoms with Crippen LogP contribution in [-0.4, -0.2) is 61.3 Å². The number of halogens is 1. The summed E-state index contributed by atoms with van der Waals surface area (Å²) < 4.78 is 44.3. The lowest BCUT2D eigenvalue weighted by atomic mass is 10.0. The number of anilines is 1. The van der Waals surface area contributed by atoms with Crippen molar-refractivity contribution in [3.63, 3.8) is 0 Å². The van der Waals surface area contributed by atoms with Crippen LogP contribution in [0.4, 0.5) is 10.3 Å². The normalized spacial score (nSPS) is 12.7. The van der Waals surface area contributed by atoms with E-state index >= 15 is 0 Å². The first kappa shape index (κ1) is 29.1. The number of sulfonamides is 1. The lowest BCUT2D eigenvalue weighted by Crippen LogP contribution is -2.27. The van der Waals surface area contributed by atoms with Crippen molar-refractivity contribution >= 4 is 33.8 Å². The Labute approximate surface area is 211 Å². The fraction of sp³-hybridized carbons (Fsp3) is 0.440. The smallest absolute Gasteiger partial charge is 0.313 e. The Hall–Kier alpha value is -3.18. The molecule has 0 radical (unpaired) electrons. The van der Waals surface area contributed by atoms with Gasteiger partial charge in [-0.15, -0.1) is 0 Å². The van der Waals surface area contributed by atoms with Crippen molar-refractivity contribution in [1.82, 2.24) is 9.97 Å². The zero-order valence-electron chi connectivity index (χ0n) is 21.1. The molecular formula is C25H32FN3O6S. The fourth-order valence-electron chi connectivity index (χ4n) is 3.03. The van der Waals surface area contributed by atoms with Crippen LogP contribution in [-0.2, 0) is 24.3 Å². The van der Waals surface area contributed by atoms with Crippen LogP contribution in [0.3, 0.4) is 0 Å². The number of rotatable bonds is 12. The molecule has 1 N–H and O–H groups in total. The van der Waals surface area contributed by atoms with Crippen molar-refractivity contribution in [3.8, 4) is 11.3 Å². The van der Waals surface area contributed by atoms with Gasteiger partial charge in [0.25, 0.3) is 0 Å². The van der Waals surface area contributed by atoms with Crippen LogP contribution in [0, 0.1) is 5.82 Å². The maximum atomic E-state index is 14.5. The third-order valence-corrected chi connectivity index (χ3v) is 6.30. The van der Waals surface area contributed by atoms with Gasteiger partial charge in [-0.1, -0.05) is 32.9 Å². The number of esters is 1. The van der Waals surface area contributed by atoms with Gasteiger partial charge in [-0.25, -0.2) is 27.1 Å². The molecule has 0 aliphatic carbocycles. The lowest BCUT2D eigenvalue weighted by molar-refractivity contribution is -0.146. The van der Waals surface area contributed by atoms with Crippen LogP contribution in [0.1, 0.15) is 57.2 Å². The Bertz CT molecular complexity index is 1230. The van der Waals surface area contributed by atoms with Crippen molar-refractivity contribution in [1.29, 1.82) is 0 Å². The molecule has 0 aliphatic rings. The number of carbonyl (C=O) groups is 2. The number of ether oxygens (including phenoxy) is 1. The number of ketones is 1. The highest BCUT2D eigenvalue weighted by Gasteiger charge is 2.19. The molecule has 0 aliphatic heterocycles. The summed E-state index contributed by atoms with van der Waals surface area (Å²) in [5.41, 5.74) is 1.64. The van der Waals surface area contributed by atoms with E-state index in [4.69, 9.17) is 4.74 Å². The molecule has 0 fully saturated rings. The van der Waals surface area contributed by atoms with Crippen molar-refractivity contribution in [3.05, 3.63) is 47.4 Å². The minimum absolute atomic E-state index is 0.00786. The van der Waals surface area contributed by atoms with Crippen LogP contribution in [0.25, 0.3) is 17.3 Å². The number of carbonyl (C=O) groups excluding carboxylic acids is 2. The molecule has 1 aromatic heterocycles. The van der Waals surface area contributed by atoms with Gasteiger partial charge < -0.3 is 9.84 Å². The first-order valence-corrected chi connectivity index (χ1v) is 13.3. The zero-order chi connectivity index (χ0) is 27.0.